The van der Waals surface area contributed by atoms with Crippen molar-refractivity contribution in [2.24, 2.45) is 0 Å². The van der Waals surface area contributed by atoms with E-state index in [9.17, 15) is 9.18 Å². The largest absolute Gasteiger partial charge is 0.481 e. The molecular formula is C15H6Cl5FN2O2S. The molecule has 0 radical (unpaired) electrons. The summed E-state index contributed by atoms with van der Waals surface area (Å²) in [6.07, 6.45) is 0. The van der Waals surface area contributed by atoms with E-state index in [1.165, 1.54) is 18.2 Å². The summed E-state index contributed by atoms with van der Waals surface area (Å²) in [6, 6.07) is 4.13. The second kappa shape index (κ2) is 7.92. The number of thiazole rings is 1. The number of aromatic nitrogens is 1. The number of benzene rings is 2. The van der Waals surface area contributed by atoms with Crippen LogP contribution in [0.4, 0.5) is 9.52 Å². The van der Waals surface area contributed by atoms with Gasteiger partial charge in [0.15, 0.2) is 17.5 Å². The van der Waals surface area contributed by atoms with Crippen molar-refractivity contribution in [3.05, 3.63) is 49.1 Å². The Kier molecular flexibility index (Phi) is 6.01. The molecule has 136 valence electrons. The molecule has 1 amide bonds. The van der Waals surface area contributed by atoms with Crippen LogP contribution < -0.4 is 10.1 Å². The molecule has 0 atom stereocenters. The Hall–Kier alpha value is -1.02. The van der Waals surface area contributed by atoms with Gasteiger partial charge in [0.2, 0.25) is 0 Å². The highest BCUT2D eigenvalue weighted by Gasteiger charge is 2.21. The van der Waals surface area contributed by atoms with Gasteiger partial charge >= 0.3 is 0 Å². The van der Waals surface area contributed by atoms with Crippen molar-refractivity contribution in [2.45, 2.75) is 0 Å². The van der Waals surface area contributed by atoms with Crippen LogP contribution in [0.2, 0.25) is 25.1 Å². The van der Waals surface area contributed by atoms with Crippen LogP contribution >= 0.6 is 69.3 Å². The highest BCUT2D eigenvalue weighted by Crippen LogP contribution is 2.48. The van der Waals surface area contributed by atoms with Gasteiger partial charge in [0, 0.05) is 0 Å². The average Bonchev–Trinajstić information content (AvgIpc) is 2.99. The zero-order valence-electron chi connectivity index (χ0n) is 12.4. The summed E-state index contributed by atoms with van der Waals surface area (Å²) in [7, 11) is 0. The first-order valence-corrected chi connectivity index (χ1v) is 9.48. The Balaban J connectivity index is 1.73. The Morgan fingerprint density at radius 2 is 1.69 bits per heavy atom. The fourth-order valence-corrected chi connectivity index (χ4v) is 4.09. The molecule has 4 nitrogen and oxygen atoms in total. The summed E-state index contributed by atoms with van der Waals surface area (Å²) < 4.78 is 19.1. The topological polar surface area (TPSA) is 51.2 Å². The lowest BCUT2D eigenvalue weighted by Crippen LogP contribution is -2.20. The van der Waals surface area contributed by atoms with E-state index >= 15 is 0 Å². The van der Waals surface area contributed by atoms with Crippen LogP contribution in [-0.2, 0) is 4.79 Å². The van der Waals surface area contributed by atoms with E-state index in [1.807, 2.05) is 0 Å². The van der Waals surface area contributed by atoms with E-state index < -0.39 is 12.5 Å². The normalized spacial score (nSPS) is 11.0. The monoisotopic (exact) mass is 472 g/mol. The summed E-state index contributed by atoms with van der Waals surface area (Å²) in [5.74, 6) is -0.976. The summed E-state index contributed by atoms with van der Waals surface area (Å²) >= 11 is 30.9. The zero-order chi connectivity index (χ0) is 19.0. The number of fused-ring (bicyclic) bond motifs is 1. The number of anilines is 1. The smallest absolute Gasteiger partial charge is 0.264 e. The van der Waals surface area contributed by atoms with Gasteiger partial charge in [-0.1, -0.05) is 69.3 Å². The lowest BCUT2D eigenvalue weighted by molar-refractivity contribution is -0.118. The molecule has 11 heteroatoms. The van der Waals surface area contributed by atoms with Gasteiger partial charge in [-0.05, 0) is 18.2 Å². The molecule has 1 N–H and O–H groups in total. The van der Waals surface area contributed by atoms with Gasteiger partial charge in [-0.2, -0.15) is 0 Å². The molecule has 0 fully saturated rings. The van der Waals surface area contributed by atoms with Gasteiger partial charge in [-0.25, -0.2) is 9.37 Å². The van der Waals surface area contributed by atoms with Gasteiger partial charge in [-0.3, -0.25) is 10.1 Å². The average molecular weight is 475 g/mol. The summed E-state index contributed by atoms with van der Waals surface area (Å²) in [4.78, 5) is 16.2. The van der Waals surface area contributed by atoms with E-state index in [0.717, 1.165) is 11.3 Å². The highest BCUT2D eigenvalue weighted by molar-refractivity contribution is 7.22. The quantitative estimate of drug-likeness (QED) is 0.337. The third-order valence-corrected chi connectivity index (χ3v) is 6.29. The number of nitrogens with one attached hydrogen (secondary N) is 1. The number of hydrogen-bond donors (Lipinski definition) is 1. The van der Waals surface area contributed by atoms with Crippen molar-refractivity contribution in [3.8, 4) is 5.75 Å². The minimum Gasteiger partial charge on any atom is -0.481 e. The molecule has 0 aliphatic carbocycles. The number of rotatable bonds is 4. The van der Waals surface area contributed by atoms with Crippen molar-refractivity contribution in [1.82, 2.24) is 4.98 Å². The highest BCUT2D eigenvalue weighted by atomic mass is 35.5. The molecule has 0 saturated heterocycles. The molecule has 3 rings (SSSR count). The van der Waals surface area contributed by atoms with Crippen LogP contribution in [0.25, 0.3) is 10.2 Å². The molecule has 0 bridgehead atoms. The van der Waals surface area contributed by atoms with Gasteiger partial charge in [0.05, 0.1) is 25.3 Å². The SMILES string of the molecule is O=C(COc1c(Cl)c(Cl)c(Cl)c(Cl)c1Cl)Nc1nc2ccc(F)cc2s1. The van der Waals surface area contributed by atoms with Crippen LogP contribution in [0.15, 0.2) is 18.2 Å². The number of ether oxygens (including phenoxy) is 1. The Morgan fingerprint density at radius 3 is 2.35 bits per heavy atom. The lowest BCUT2D eigenvalue weighted by atomic mass is 10.3. The molecule has 0 aliphatic heterocycles. The van der Waals surface area contributed by atoms with Crippen LogP contribution in [-0.4, -0.2) is 17.5 Å². The van der Waals surface area contributed by atoms with Crippen LogP contribution in [0.3, 0.4) is 0 Å². The fourth-order valence-electron chi connectivity index (χ4n) is 1.96. The lowest BCUT2D eigenvalue weighted by Gasteiger charge is -2.13. The van der Waals surface area contributed by atoms with E-state index in [1.54, 1.807) is 0 Å². The Morgan fingerprint density at radius 1 is 1.08 bits per heavy atom. The first-order valence-electron chi connectivity index (χ1n) is 6.78. The van der Waals surface area contributed by atoms with Gasteiger partial charge < -0.3 is 4.74 Å². The van der Waals surface area contributed by atoms with Crippen molar-refractivity contribution >= 4 is 90.6 Å². The molecule has 26 heavy (non-hydrogen) atoms. The number of carbonyl (C=O) groups is 1. The van der Waals surface area contributed by atoms with E-state index in [4.69, 9.17) is 62.7 Å². The maximum absolute atomic E-state index is 13.2. The van der Waals surface area contributed by atoms with Crippen molar-refractivity contribution in [3.63, 3.8) is 0 Å². The van der Waals surface area contributed by atoms with Crippen LogP contribution in [0.5, 0.6) is 5.75 Å². The standard InChI is InChI=1S/C15H6Cl5FN2O2S/c16-9-10(17)12(19)14(13(20)11(9)18)25-4-8(24)23-15-22-6-2-1-5(21)3-7(6)26-15/h1-3H,4H2,(H,22,23,24). The number of amides is 1. The molecule has 3 aromatic rings. The molecular weight excluding hydrogens is 469 g/mol. The second-order valence-corrected chi connectivity index (χ2v) is 7.79. The summed E-state index contributed by atoms with van der Waals surface area (Å²) in [5.41, 5.74) is 0.565. The van der Waals surface area contributed by atoms with Crippen LogP contribution in [0, 0.1) is 5.82 Å². The van der Waals surface area contributed by atoms with Gasteiger partial charge in [0.1, 0.15) is 15.9 Å². The minimum absolute atomic E-state index is 0.0122. The summed E-state index contributed by atoms with van der Waals surface area (Å²) in [5, 5.41) is 2.63. The van der Waals surface area contributed by atoms with E-state index in [0.29, 0.717) is 15.3 Å². The molecule has 1 heterocycles. The van der Waals surface area contributed by atoms with Crippen molar-refractivity contribution in [1.29, 1.82) is 0 Å². The van der Waals surface area contributed by atoms with Crippen molar-refractivity contribution < 1.29 is 13.9 Å². The third-order valence-electron chi connectivity index (χ3n) is 3.11. The van der Waals surface area contributed by atoms with Gasteiger partial charge in [-0.15, -0.1) is 0 Å². The summed E-state index contributed by atoms with van der Waals surface area (Å²) in [6.45, 7) is -0.433. The van der Waals surface area contributed by atoms with Crippen LogP contribution in [0.1, 0.15) is 0 Å². The zero-order valence-corrected chi connectivity index (χ0v) is 17.0. The molecule has 0 saturated carbocycles. The molecule has 0 spiro atoms. The Bertz CT molecular complexity index is 998. The minimum atomic E-state index is -0.529. The fraction of sp³-hybridized carbons (Fsp3) is 0.0667. The first kappa shape index (κ1) is 19.7. The van der Waals surface area contributed by atoms with E-state index in [-0.39, 0.29) is 36.7 Å². The third kappa shape index (κ3) is 3.96. The van der Waals surface area contributed by atoms with E-state index in [2.05, 4.69) is 10.3 Å². The predicted octanol–water partition coefficient (Wildman–Crippen LogP) is 6.72. The maximum atomic E-state index is 13.2. The number of halogens is 6. The Labute approximate surface area is 175 Å². The first-order chi connectivity index (χ1) is 12.3. The predicted molar refractivity (Wildman–Crippen MR) is 105 cm³/mol. The van der Waals surface area contributed by atoms with Gasteiger partial charge in [0.25, 0.3) is 5.91 Å². The maximum Gasteiger partial charge on any atom is 0.264 e. The molecule has 0 unspecified atom stereocenters. The molecule has 2 aromatic carbocycles. The van der Waals surface area contributed by atoms with Crippen molar-refractivity contribution in [2.75, 3.05) is 11.9 Å². The number of carbonyl (C=O) groups excluding carboxylic acids is 1. The molecule has 0 aliphatic rings. The number of hydrogen-bond acceptors (Lipinski definition) is 4. The molecule has 1 aromatic heterocycles. The number of nitrogens with zero attached hydrogens (tertiary/aromatic N) is 1. The second-order valence-electron chi connectivity index (χ2n) is 4.87.